The van der Waals surface area contributed by atoms with E-state index in [2.05, 4.69) is 73.5 Å². The minimum Gasteiger partial charge on any atom is -0.300 e. The molecule has 0 saturated carbocycles. The Bertz CT molecular complexity index is 445. The van der Waals surface area contributed by atoms with Crippen molar-refractivity contribution in [2.45, 2.75) is 77.5 Å². The van der Waals surface area contributed by atoms with Crippen LogP contribution in [0.25, 0.3) is 0 Å². The summed E-state index contributed by atoms with van der Waals surface area (Å²) in [7, 11) is 2.10. The zero-order valence-corrected chi connectivity index (χ0v) is 18.9. The average molecular weight is 383 g/mol. The molecule has 3 aliphatic heterocycles. The quantitative estimate of drug-likeness (QED) is 0.709. The molecule has 0 aromatic rings. The Kier molecular flexibility index (Phi) is 6.66. The minimum absolute atomic E-state index is 0.309. The number of rotatable bonds is 6. The summed E-state index contributed by atoms with van der Waals surface area (Å²) in [4.78, 5) is 8.21. The van der Waals surface area contributed by atoms with Crippen LogP contribution in [0.3, 0.4) is 0 Å². The van der Waals surface area contributed by atoms with E-state index in [-0.39, 0.29) is 0 Å². The normalized spacial score (nSPS) is 31.3. The lowest BCUT2D eigenvalue weighted by atomic mass is 9.91. The fourth-order valence-corrected chi connectivity index (χ4v) is 5.86. The van der Waals surface area contributed by atoms with Gasteiger partial charge in [0.05, 0.1) is 0 Å². The van der Waals surface area contributed by atoms with E-state index in [1.807, 2.05) is 0 Å². The molecule has 3 saturated heterocycles. The molecule has 0 radical (unpaired) electrons. The lowest BCUT2D eigenvalue weighted by Crippen LogP contribution is -2.51. The van der Waals surface area contributed by atoms with E-state index in [1.165, 1.54) is 58.5 Å². The van der Waals surface area contributed by atoms with E-state index in [0.717, 1.165) is 11.8 Å². The van der Waals surface area contributed by atoms with Gasteiger partial charge in [0.25, 0.3) is 0 Å². The molecule has 0 aliphatic carbocycles. The molecule has 3 atom stereocenters. The molecule has 26 heavy (non-hydrogen) atoms. The van der Waals surface area contributed by atoms with Gasteiger partial charge in [0.1, 0.15) is 0 Å². The van der Waals surface area contributed by atoms with Crippen LogP contribution >= 0.6 is 12.8 Å². The highest BCUT2D eigenvalue weighted by atomic mass is 32.1. The Hall–Kier alpha value is 0.190. The van der Waals surface area contributed by atoms with Crippen LogP contribution in [-0.4, -0.2) is 89.0 Å². The molecule has 4 nitrogen and oxygen atoms in total. The van der Waals surface area contributed by atoms with Gasteiger partial charge in [0.15, 0.2) is 0 Å². The molecule has 0 aromatic heterocycles. The number of fused-ring (bicyclic) bond motifs is 1. The second kappa shape index (κ2) is 8.28. The number of hydrogen-bond donors (Lipinski definition) is 1. The predicted molar refractivity (Wildman–Crippen MR) is 115 cm³/mol. The maximum absolute atomic E-state index is 4.51. The van der Waals surface area contributed by atoms with Gasteiger partial charge in [-0.2, -0.15) is 0 Å². The van der Waals surface area contributed by atoms with Crippen molar-refractivity contribution in [3.8, 4) is 0 Å². The fraction of sp³-hybridized carbons (Fsp3) is 1.00. The summed E-state index contributed by atoms with van der Waals surface area (Å²) >= 11 is 4.51. The second-order valence-electron chi connectivity index (χ2n) is 10.2. The summed E-state index contributed by atoms with van der Waals surface area (Å²) in [5.41, 5.74) is 0.309. The third-order valence-corrected chi connectivity index (χ3v) is 7.87. The lowest BCUT2D eigenvalue weighted by Gasteiger charge is -2.43. The van der Waals surface area contributed by atoms with Crippen molar-refractivity contribution < 1.29 is 0 Å². The van der Waals surface area contributed by atoms with E-state index in [9.17, 15) is 0 Å². The Morgan fingerprint density at radius 2 is 1.50 bits per heavy atom. The van der Waals surface area contributed by atoms with Gasteiger partial charge in [-0.15, -0.1) is 0 Å². The largest absolute Gasteiger partial charge is 0.300 e. The number of hydrogen-bond acceptors (Lipinski definition) is 5. The zero-order chi connectivity index (χ0) is 19.1. The van der Waals surface area contributed by atoms with E-state index in [0.29, 0.717) is 23.7 Å². The van der Waals surface area contributed by atoms with Crippen LogP contribution in [0, 0.1) is 11.8 Å². The Morgan fingerprint density at radius 3 is 1.96 bits per heavy atom. The SMILES string of the molecule is CC(C)N1C[C@@H]2CN(C(C)(C)CC(C)N3CCC(N(C)S)CC3)C[C@@H]2C1. The van der Waals surface area contributed by atoms with E-state index in [4.69, 9.17) is 0 Å². The number of piperidine rings is 1. The van der Waals surface area contributed by atoms with Crippen molar-refractivity contribution in [1.82, 2.24) is 19.0 Å². The molecule has 3 fully saturated rings. The molecule has 152 valence electrons. The summed E-state index contributed by atoms with van der Waals surface area (Å²) in [6.07, 6.45) is 3.79. The van der Waals surface area contributed by atoms with Crippen LogP contribution in [-0.2, 0) is 0 Å². The van der Waals surface area contributed by atoms with E-state index in [1.54, 1.807) is 0 Å². The predicted octanol–water partition coefficient (Wildman–Crippen LogP) is 3.06. The minimum atomic E-state index is 0.309. The molecule has 5 heteroatoms. The first-order valence-electron chi connectivity index (χ1n) is 10.8. The fourth-order valence-electron chi connectivity index (χ4n) is 5.63. The molecule has 3 rings (SSSR count). The average Bonchev–Trinajstić information content (AvgIpc) is 3.13. The van der Waals surface area contributed by atoms with Gasteiger partial charge in [-0.05, 0) is 85.9 Å². The third-order valence-electron chi connectivity index (χ3n) is 7.55. The highest BCUT2D eigenvalue weighted by Gasteiger charge is 2.45. The summed E-state index contributed by atoms with van der Waals surface area (Å²) < 4.78 is 2.11. The molecule has 0 aromatic carbocycles. The third kappa shape index (κ3) is 4.60. The highest BCUT2D eigenvalue weighted by Crippen LogP contribution is 2.37. The zero-order valence-electron chi connectivity index (χ0n) is 18.0. The maximum atomic E-state index is 4.51. The van der Waals surface area contributed by atoms with E-state index >= 15 is 0 Å². The van der Waals surface area contributed by atoms with Gasteiger partial charge >= 0.3 is 0 Å². The van der Waals surface area contributed by atoms with Gasteiger partial charge in [0, 0.05) is 49.8 Å². The van der Waals surface area contributed by atoms with Crippen molar-refractivity contribution in [2.24, 2.45) is 11.8 Å². The number of nitrogens with zero attached hydrogens (tertiary/aromatic N) is 4. The van der Waals surface area contributed by atoms with Crippen molar-refractivity contribution in [1.29, 1.82) is 0 Å². The van der Waals surface area contributed by atoms with Crippen molar-refractivity contribution in [3.05, 3.63) is 0 Å². The Morgan fingerprint density at radius 1 is 0.962 bits per heavy atom. The van der Waals surface area contributed by atoms with E-state index < -0.39 is 0 Å². The first kappa shape index (κ1) is 20.9. The number of likely N-dealkylation sites (tertiary alicyclic amines) is 3. The van der Waals surface area contributed by atoms with Gasteiger partial charge < -0.3 is 9.80 Å². The van der Waals surface area contributed by atoms with Gasteiger partial charge in [-0.1, -0.05) is 12.8 Å². The number of thiol groups is 1. The summed E-state index contributed by atoms with van der Waals surface area (Å²) in [5.74, 6) is 1.79. The topological polar surface area (TPSA) is 13.0 Å². The molecular weight excluding hydrogens is 340 g/mol. The first-order chi connectivity index (χ1) is 12.2. The Balaban J connectivity index is 1.49. The smallest absolute Gasteiger partial charge is 0.0221 e. The van der Waals surface area contributed by atoms with Gasteiger partial charge in [-0.3, -0.25) is 9.21 Å². The van der Waals surface area contributed by atoms with Crippen LogP contribution in [0.2, 0.25) is 0 Å². The Labute approximate surface area is 167 Å². The van der Waals surface area contributed by atoms with Crippen LogP contribution in [0.15, 0.2) is 0 Å². The molecule has 0 N–H and O–H groups in total. The maximum Gasteiger partial charge on any atom is 0.0221 e. The first-order valence-corrected chi connectivity index (χ1v) is 11.2. The lowest BCUT2D eigenvalue weighted by molar-refractivity contribution is 0.0656. The van der Waals surface area contributed by atoms with Crippen LogP contribution in [0.5, 0.6) is 0 Å². The molecular formula is C21H42N4S. The van der Waals surface area contributed by atoms with Gasteiger partial charge in [0.2, 0.25) is 0 Å². The molecule has 3 heterocycles. The van der Waals surface area contributed by atoms with Crippen molar-refractivity contribution in [2.75, 3.05) is 46.3 Å². The molecule has 0 bridgehead atoms. The molecule has 3 aliphatic rings. The monoisotopic (exact) mass is 382 g/mol. The van der Waals surface area contributed by atoms with Crippen molar-refractivity contribution >= 4 is 12.8 Å². The summed E-state index contributed by atoms with van der Waals surface area (Å²) in [5, 5.41) is 0. The summed E-state index contributed by atoms with van der Waals surface area (Å²) in [6.45, 7) is 19.8. The molecule has 0 spiro atoms. The van der Waals surface area contributed by atoms with Crippen LogP contribution in [0.1, 0.15) is 53.9 Å². The van der Waals surface area contributed by atoms with Crippen molar-refractivity contribution in [3.63, 3.8) is 0 Å². The molecule has 1 unspecified atom stereocenters. The summed E-state index contributed by atoms with van der Waals surface area (Å²) in [6, 6.07) is 2.03. The highest BCUT2D eigenvalue weighted by molar-refractivity contribution is 7.77. The standard InChI is InChI=1S/C21H42N4S/c1-16(2)24-12-18-14-25(15-19(18)13-24)21(4,5)11-17(3)23-9-7-20(8-10-23)22(6)26/h16-20,26H,7-15H2,1-6H3/t17?,18-,19+. The molecule has 0 amide bonds. The van der Waals surface area contributed by atoms with Gasteiger partial charge in [-0.25, -0.2) is 0 Å². The van der Waals surface area contributed by atoms with Crippen LogP contribution in [0.4, 0.5) is 0 Å². The second-order valence-corrected chi connectivity index (χ2v) is 10.8. The van der Waals surface area contributed by atoms with Crippen LogP contribution < -0.4 is 0 Å².